The molecular formula is C25H19FN8OS. The number of carbonyl (C=O) groups is 1. The van der Waals surface area contributed by atoms with Crippen LogP contribution in [0.25, 0.3) is 21.6 Å². The molecule has 178 valence electrons. The highest BCUT2D eigenvalue weighted by atomic mass is 32.1. The quantitative estimate of drug-likeness (QED) is 0.299. The van der Waals surface area contributed by atoms with Crippen molar-refractivity contribution in [3.63, 3.8) is 0 Å². The average Bonchev–Trinajstić information content (AvgIpc) is 3.57. The lowest BCUT2D eigenvalue weighted by molar-refractivity contribution is 0.0940. The molecule has 0 fully saturated rings. The Balaban J connectivity index is 1.32. The first kappa shape index (κ1) is 23.1. The Morgan fingerprint density at radius 2 is 1.97 bits per heavy atom. The summed E-state index contributed by atoms with van der Waals surface area (Å²) in [5.74, 6) is -0.406. The highest BCUT2D eigenvalue weighted by molar-refractivity contribution is 7.15. The molecule has 0 unspecified atom stereocenters. The molecule has 1 amide bonds. The van der Waals surface area contributed by atoms with Crippen molar-refractivity contribution in [1.82, 2.24) is 30.5 Å². The van der Waals surface area contributed by atoms with Gasteiger partial charge in [-0.15, -0.1) is 11.3 Å². The van der Waals surface area contributed by atoms with E-state index in [2.05, 4.69) is 35.8 Å². The third-order valence-corrected chi connectivity index (χ3v) is 6.55. The number of nitriles is 1. The van der Waals surface area contributed by atoms with E-state index in [1.54, 1.807) is 37.6 Å². The van der Waals surface area contributed by atoms with E-state index in [1.165, 1.54) is 35.7 Å². The Hall–Kier alpha value is -4.69. The van der Waals surface area contributed by atoms with E-state index in [1.807, 2.05) is 12.1 Å². The number of pyridine rings is 2. The Labute approximate surface area is 209 Å². The number of halogens is 1. The lowest BCUT2D eigenvalue weighted by atomic mass is 10.1. The van der Waals surface area contributed by atoms with Crippen LogP contribution in [-0.4, -0.2) is 31.1 Å². The number of amides is 1. The minimum Gasteiger partial charge on any atom is -0.364 e. The smallest absolute Gasteiger partial charge is 0.255 e. The van der Waals surface area contributed by atoms with E-state index in [9.17, 15) is 14.4 Å². The van der Waals surface area contributed by atoms with Gasteiger partial charge in [0, 0.05) is 34.4 Å². The van der Waals surface area contributed by atoms with Crippen molar-refractivity contribution >= 4 is 34.1 Å². The normalized spacial score (nSPS) is 11.7. The molecular weight excluding hydrogens is 479 g/mol. The molecule has 36 heavy (non-hydrogen) atoms. The van der Waals surface area contributed by atoms with Gasteiger partial charge in [0.25, 0.3) is 5.91 Å². The molecule has 0 bridgehead atoms. The largest absolute Gasteiger partial charge is 0.364 e. The van der Waals surface area contributed by atoms with Crippen molar-refractivity contribution in [2.45, 2.75) is 19.5 Å². The van der Waals surface area contributed by atoms with E-state index in [4.69, 9.17) is 0 Å². The fraction of sp³-hybridized carbons (Fsp3) is 0.120. The molecule has 5 rings (SSSR count). The molecule has 1 atom stereocenters. The van der Waals surface area contributed by atoms with Crippen molar-refractivity contribution in [2.24, 2.45) is 0 Å². The summed E-state index contributed by atoms with van der Waals surface area (Å²) in [4.78, 5) is 27.1. The maximum Gasteiger partial charge on any atom is 0.255 e. The number of carbonyl (C=O) groups excluding carboxylic acids is 1. The Bertz CT molecular complexity index is 1590. The van der Waals surface area contributed by atoms with Gasteiger partial charge in [-0.1, -0.05) is 12.1 Å². The second-order valence-electron chi connectivity index (χ2n) is 8.00. The van der Waals surface area contributed by atoms with Gasteiger partial charge in [0.2, 0.25) is 0 Å². The fourth-order valence-electron chi connectivity index (χ4n) is 3.60. The summed E-state index contributed by atoms with van der Waals surface area (Å²) in [7, 11) is 0. The summed E-state index contributed by atoms with van der Waals surface area (Å²) in [5.41, 5.74) is 2.85. The first-order valence-corrected chi connectivity index (χ1v) is 11.8. The second kappa shape index (κ2) is 9.89. The van der Waals surface area contributed by atoms with Crippen LogP contribution < -0.4 is 10.6 Å². The first-order chi connectivity index (χ1) is 17.5. The number of nitrogens with one attached hydrogen (secondary N) is 3. The van der Waals surface area contributed by atoms with E-state index in [-0.39, 0.29) is 23.0 Å². The highest BCUT2D eigenvalue weighted by Gasteiger charge is 2.18. The van der Waals surface area contributed by atoms with E-state index in [0.717, 1.165) is 26.4 Å². The van der Waals surface area contributed by atoms with Gasteiger partial charge in [-0.25, -0.2) is 19.3 Å². The van der Waals surface area contributed by atoms with Crippen molar-refractivity contribution < 1.29 is 9.18 Å². The zero-order valence-electron chi connectivity index (χ0n) is 19.0. The third kappa shape index (κ3) is 4.89. The number of nitrogens with zero attached hydrogens (tertiary/aromatic N) is 5. The molecule has 0 spiro atoms. The van der Waals surface area contributed by atoms with Crippen LogP contribution in [0, 0.1) is 17.1 Å². The SMILES string of the molecule is C[C@H](NC(=O)c1cc(C#N)cnc1NCc1cnc(-c2cnc3[nH]ncc3c2)s1)c1ccc(F)cc1. The maximum absolute atomic E-state index is 13.2. The maximum atomic E-state index is 13.2. The van der Waals surface area contributed by atoms with E-state index < -0.39 is 5.91 Å². The topological polar surface area (TPSA) is 132 Å². The van der Waals surface area contributed by atoms with Gasteiger partial charge < -0.3 is 10.6 Å². The zero-order chi connectivity index (χ0) is 25.1. The zero-order valence-corrected chi connectivity index (χ0v) is 19.8. The van der Waals surface area contributed by atoms with Gasteiger partial charge in [0.05, 0.1) is 29.9 Å². The lowest BCUT2D eigenvalue weighted by Crippen LogP contribution is -2.28. The number of aromatic nitrogens is 5. The van der Waals surface area contributed by atoms with Crippen molar-refractivity contribution in [3.8, 4) is 16.6 Å². The van der Waals surface area contributed by atoms with Crippen LogP contribution in [0.5, 0.6) is 0 Å². The number of aromatic amines is 1. The molecule has 0 aliphatic rings. The number of rotatable bonds is 7. The Morgan fingerprint density at radius 1 is 1.14 bits per heavy atom. The molecule has 11 heteroatoms. The van der Waals surface area contributed by atoms with Crippen LogP contribution >= 0.6 is 11.3 Å². The van der Waals surface area contributed by atoms with Crippen molar-refractivity contribution in [3.05, 3.63) is 88.6 Å². The van der Waals surface area contributed by atoms with Crippen LogP contribution in [0.2, 0.25) is 0 Å². The molecule has 3 N–H and O–H groups in total. The van der Waals surface area contributed by atoms with Crippen LogP contribution in [0.4, 0.5) is 10.2 Å². The van der Waals surface area contributed by atoms with Crippen LogP contribution in [0.1, 0.15) is 39.3 Å². The standard InChI is InChI=1S/C25H19FN8OS/c1-14(16-2-4-19(26)5-3-16)33-24(35)21-6-15(8-27)9-28-23(21)30-12-20-13-31-25(36-20)18-7-17-11-32-34-22(17)29-10-18/h2-7,9-11,13-14H,12H2,1H3,(H,28,30)(H,33,35)(H,29,32,34)/t14-/m0/s1. The number of thiazole rings is 1. The first-order valence-electron chi connectivity index (χ1n) is 10.9. The summed E-state index contributed by atoms with van der Waals surface area (Å²) < 4.78 is 13.2. The van der Waals surface area contributed by atoms with Crippen LogP contribution in [-0.2, 0) is 6.54 Å². The summed E-state index contributed by atoms with van der Waals surface area (Å²) in [6.45, 7) is 2.18. The Kier molecular flexibility index (Phi) is 6.34. The molecule has 4 heterocycles. The molecule has 0 aliphatic heterocycles. The van der Waals surface area contributed by atoms with Gasteiger partial charge in [-0.3, -0.25) is 9.89 Å². The summed E-state index contributed by atoms with van der Waals surface area (Å²) >= 11 is 1.49. The predicted octanol–water partition coefficient (Wildman–Crippen LogP) is 4.59. The van der Waals surface area contributed by atoms with Gasteiger partial charge in [0.1, 0.15) is 22.7 Å². The number of benzene rings is 1. The van der Waals surface area contributed by atoms with Gasteiger partial charge in [-0.2, -0.15) is 10.4 Å². The number of hydrogen-bond acceptors (Lipinski definition) is 8. The molecule has 0 saturated carbocycles. The molecule has 0 radical (unpaired) electrons. The monoisotopic (exact) mass is 498 g/mol. The number of hydrogen-bond donors (Lipinski definition) is 3. The molecule has 0 saturated heterocycles. The van der Waals surface area contributed by atoms with E-state index >= 15 is 0 Å². The van der Waals surface area contributed by atoms with Gasteiger partial charge >= 0.3 is 0 Å². The van der Waals surface area contributed by atoms with Gasteiger partial charge in [0.15, 0.2) is 5.65 Å². The third-order valence-electron chi connectivity index (χ3n) is 5.50. The molecule has 9 nitrogen and oxygen atoms in total. The summed E-state index contributed by atoms with van der Waals surface area (Å²) in [6, 6.07) is 11.0. The van der Waals surface area contributed by atoms with Crippen LogP contribution in [0.3, 0.4) is 0 Å². The molecule has 4 aromatic heterocycles. The fourth-order valence-corrected chi connectivity index (χ4v) is 4.43. The average molecular weight is 499 g/mol. The lowest BCUT2D eigenvalue weighted by Gasteiger charge is -2.16. The van der Waals surface area contributed by atoms with Crippen molar-refractivity contribution in [1.29, 1.82) is 5.26 Å². The number of H-pyrrole nitrogens is 1. The molecule has 5 aromatic rings. The highest BCUT2D eigenvalue weighted by Crippen LogP contribution is 2.27. The van der Waals surface area contributed by atoms with Crippen LogP contribution in [0.15, 0.2) is 61.2 Å². The minimum atomic E-state index is -0.400. The van der Waals surface area contributed by atoms with E-state index in [0.29, 0.717) is 18.0 Å². The summed E-state index contributed by atoms with van der Waals surface area (Å²) in [5, 5.41) is 23.9. The molecule has 0 aliphatic carbocycles. The number of fused-ring (bicyclic) bond motifs is 1. The minimum absolute atomic E-state index is 0.238. The van der Waals surface area contributed by atoms with Gasteiger partial charge in [-0.05, 0) is 36.8 Å². The number of anilines is 1. The Morgan fingerprint density at radius 3 is 2.78 bits per heavy atom. The second-order valence-corrected chi connectivity index (χ2v) is 9.11. The predicted molar refractivity (Wildman–Crippen MR) is 134 cm³/mol. The molecule has 1 aromatic carbocycles. The summed E-state index contributed by atoms with van der Waals surface area (Å²) in [6.07, 6.45) is 6.62. The van der Waals surface area contributed by atoms with Crippen molar-refractivity contribution in [2.75, 3.05) is 5.32 Å².